The van der Waals surface area contributed by atoms with E-state index in [9.17, 15) is 4.79 Å². The highest BCUT2D eigenvalue weighted by Gasteiger charge is 2.18. The molecule has 0 bridgehead atoms. The average molecular weight is 291 g/mol. The van der Waals surface area contributed by atoms with Gasteiger partial charge in [-0.2, -0.15) is 5.26 Å². The lowest BCUT2D eigenvalue weighted by Crippen LogP contribution is -2.40. The summed E-state index contributed by atoms with van der Waals surface area (Å²) in [7, 11) is 0. The Kier molecular flexibility index (Phi) is 4.17. The number of hydrogen-bond acceptors (Lipinski definition) is 3. The molecule has 4 nitrogen and oxygen atoms in total. The van der Waals surface area contributed by atoms with Crippen molar-refractivity contribution in [1.82, 2.24) is 4.90 Å². The number of nitrogens with zero attached hydrogens (tertiary/aromatic N) is 2. The molecule has 0 spiro atoms. The number of carbonyl (C=O) groups is 1. The van der Waals surface area contributed by atoms with Gasteiger partial charge in [-0.25, -0.2) is 0 Å². The summed E-state index contributed by atoms with van der Waals surface area (Å²) >= 11 is 0. The van der Waals surface area contributed by atoms with Gasteiger partial charge < -0.3 is 9.64 Å². The number of amides is 1. The molecule has 0 N–H and O–H groups in total. The van der Waals surface area contributed by atoms with Crippen LogP contribution in [0.15, 0.2) is 42.5 Å². The van der Waals surface area contributed by atoms with Crippen LogP contribution in [0.25, 0.3) is 11.1 Å². The normalized spacial score (nSPS) is 14.4. The summed E-state index contributed by atoms with van der Waals surface area (Å²) in [5, 5.41) is 8.93. The monoisotopic (exact) mass is 291 g/mol. The number of hydrogen-bond donors (Lipinski definition) is 0. The molecule has 0 aromatic heterocycles. The summed E-state index contributed by atoms with van der Waals surface area (Å²) < 4.78 is 5.26. The molecule has 1 aliphatic rings. The van der Waals surface area contributed by atoms with E-state index >= 15 is 0 Å². The van der Waals surface area contributed by atoms with Crippen molar-refractivity contribution >= 4 is 5.91 Å². The lowest BCUT2D eigenvalue weighted by Gasteiger charge is -2.26. The molecule has 3 rings (SSSR count). The Morgan fingerprint density at radius 3 is 2.55 bits per heavy atom. The van der Waals surface area contributed by atoms with Crippen molar-refractivity contribution in [3.63, 3.8) is 0 Å². The first kappa shape index (κ1) is 14.3. The minimum absolute atomic E-state index is 0.0361. The summed E-state index contributed by atoms with van der Waals surface area (Å²) in [5.74, 6) is 0.0361. The van der Waals surface area contributed by atoms with E-state index in [0.29, 0.717) is 37.4 Å². The largest absolute Gasteiger partial charge is 0.378 e. The molecule has 1 fully saturated rings. The Morgan fingerprint density at radius 2 is 1.86 bits per heavy atom. The van der Waals surface area contributed by atoms with Crippen molar-refractivity contribution in [1.29, 1.82) is 5.26 Å². The second-order valence-corrected chi connectivity index (χ2v) is 5.08. The van der Waals surface area contributed by atoms with Gasteiger partial charge in [-0.05, 0) is 29.3 Å². The molecule has 22 heavy (non-hydrogen) atoms. The third-order valence-corrected chi connectivity index (χ3v) is 3.69. The molecule has 1 saturated heterocycles. The molecule has 1 aliphatic heterocycles. The van der Waals surface area contributed by atoms with Gasteiger partial charge in [0.25, 0.3) is 5.91 Å². The number of carbonyl (C=O) groups excluding carboxylic acids is 1. The van der Waals surface area contributed by atoms with Crippen LogP contribution < -0.4 is 0 Å². The molecule has 0 atom stereocenters. The predicted octanol–water partition coefficient (Wildman–Crippen LogP) is 2.50. The SMILES string of the molecule is N#Cc1[c]ccc(-c2ccc(C(=O)N3CCOCC3)cc2)c1. The van der Waals surface area contributed by atoms with Crippen molar-refractivity contribution in [3.8, 4) is 17.2 Å². The summed E-state index contributed by atoms with van der Waals surface area (Å²) in [6.45, 7) is 2.48. The van der Waals surface area contributed by atoms with E-state index in [-0.39, 0.29) is 5.91 Å². The lowest BCUT2D eigenvalue weighted by atomic mass is 10.0. The molecule has 0 aliphatic carbocycles. The summed E-state index contributed by atoms with van der Waals surface area (Å²) in [6.07, 6.45) is 0. The standard InChI is InChI=1S/C18H15N2O2/c19-13-14-2-1-3-17(12-14)15-4-6-16(7-5-15)18(21)20-8-10-22-11-9-20/h1,3-7,12H,8-11H2. The van der Waals surface area contributed by atoms with Crippen molar-refractivity contribution in [2.24, 2.45) is 0 Å². The van der Waals surface area contributed by atoms with Gasteiger partial charge in [0.05, 0.1) is 24.8 Å². The van der Waals surface area contributed by atoms with Gasteiger partial charge in [-0.15, -0.1) is 0 Å². The Balaban J connectivity index is 1.80. The molecule has 0 unspecified atom stereocenters. The van der Waals surface area contributed by atoms with Crippen molar-refractivity contribution in [3.05, 3.63) is 59.7 Å². The van der Waals surface area contributed by atoms with Crippen molar-refractivity contribution < 1.29 is 9.53 Å². The summed E-state index contributed by atoms with van der Waals surface area (Å²) in [5.41, 5.74) is 3.10. The maximum Gasteiger partial charge on any atom is 0.254 e. The van der Waals surface area contributed by atoms with E-state index < -0.39 is 0 Å². The topological polar surface area (TPSA) is 53.3 Å². The summed E-state index contributed by atoms with van der Waals surface area (Å²) in [6, 6.07) is 17.9. The Labute approximate surface area is 129 Å². The fourth-order valence-electron chi connectivity index (χ4n) is 2.46. The van der Waals surface area contributed by atoms with Crippen LogP contribution in [0, 0.1) is 17.4 Å². The average Bonchev–Trinajstić information content (AvgIpc) is 2.62. The number of rotatable bonds is 2. The van der Waals surface area contributed by atoms with Gasteiger partial charge in [-0.3, -0.25) is 4.79 Å². The number of benzene rings is 2. The molecule has 109 valence electrons. The van der Waals surface area contributed by atoms with E-state index in [0.717, 1.165) is 11.1 Å². The maximum absolute atomic E-state index is 12.4. The molecule has 0 saturated carbocycles. The second kappa shape index (κ2) is 6.42. The van der Waals surface area contributed by atoms with Crippen molar-refractivity contribution in [2.75, 3.05) is 26.3 Å². The number of ether oxygens (including phenoxy) is 1. The van der Waals surface area contributed by atoms with Gasteiger partial charge in [0.2, 0.25) is 0 Å². The molecular formula is C18H15N2O2. The molecule has 1 amide bonds. The molecule has 1 heterocycles. The molecule has 1 radical (unpaired) electrons. The number of morpholine rings is 1. The zero-order chi connectivity index (χ0) is 15.4. The van der Waals surface area contributed by atoms with Crippen LogP contribution in [0.1, 0.15) is 15.9 Å². The van der Waals surface area contributed by atoms with E-state index in [1.807, 2.05) is 35.2 Å². The van der Waals surface area contributed by atoms with Crippen LogP contribution in [-0.2, 0) is 4.74 Å². The minimum atomic E-state index is 0.0361. The van der Waals surface area contributed by atoms with Crippen LogP contribution in [-0.4, -0.2) is 37.1 Å². The van der Waals surface area contributed by atoms with Gasteiger partial charge >= 0.3 is 0 Å². The van der Waals surface area contributed by atoms with E-state index in [1.54, 1.807) is 12.1 Å². The number of nitriles is 1. The van der Waals surface area contributed by atoms with Crippen LogP contribution in [0.2, 0.25) is 0 Å². The third kappa shape index (κ3) is 3.00. The van der Waals surface area contributed by atoms with E-state index in [1.165, 1.54) is 0 Å². The molecule has 4 heteroatoms. The fourth-order valence-corrected chi connectivity index (χ4v) is 2.46. The second-order valence-electron chi connectivity index (χ2n) is 5.08. The van der Waals surface area contributed by atoms with Gasteiger partial charge in [0.15, 0.2) is 0 Å². The van der Waals surface area contributed by atoms with E-state index in [4.69, 9.17) is 10.00 Å². The fraction of sp³-hybridized carbons (Fsp3) is 0.222. The highest BCUT2D eigenvalue weighted by molar-refractivity contribution is 5.94. The van der Waals surface area contributed by atoms with E-state index in [2.05, 4.69) is 12.1 Å². The van der Waals surface area contributed by atoms with Gasteiger partial charge in [0.1, 0.15) is 0 Å². The Hall–Kier alpha value is -2.64. The first-order valence-electron chi connectivity index (χ1n) is 7.17. The first-order chi connectivity index (χ1) is 10.8. The zero-order valence-electron chi connectivity index (χ0n) is 12.1. The summed E-state index contributed by atoms with van der Waals surface area (Å²) in [4.78, 5) is 14.2. The predicted molar refractivity (Wildman–Crippen MR) is 82.2 cm³/mol. The van der Waals surface area contributed by atoms with Gasteiger partial charge in [0, 0.05) is 24.7 Å². The third-order valence-electron chi connectivity index (χ3n) is 3.69. The molecular weight excluding hydrogens is 276 g/mol. The zero-order valence-corrected chi connectivity index (χ0v) is 12.1. The lowest BCUT2D eigenvalue weighted by molar-refractivity contribution is 0.0303. The highest BCUT2D eigenvalue weighted by Crippen LogP contribution is 2.21. The van der Waals surface area contributed by atoms with Crippen molar-refractivity contribution in [2.45, 2.75) is 0 Å². The smallest absolute Gasteiger partial charge is 0.254 e. The van der Waals surface area contributed by atoms with Crippen LogP contribution in [0.5, 0.6) is 0 Å². The first-order valence-corrected chi connectivity index (χ1v) is 7.17. The van der Waals surface area contributed by atoms with Crippen LogP contribution in [0.4, 0.5) is 0 Å². The minimum Gasteiger partial charge on any atom is -0.378 e. The van der Waals surface area contributed by atoms with Crippen LogP contribution >= 0.6 is 0 Å². The maximum atomic E-state index is 12.4. The molecule has 2 aromatic rings. The Morgan fingerprint density at radius 1 is 1.14 bits per heavy atom. The highest BCUT2D eigenvalue weighted by atomic mass is 16.5. The van der Waals surface area contributed by atoms with Gasteiger partial charge in [-0.1, -0.05) is 24.3 Å². The molecule has 2 aromatic carbocycles. The quantitative estimate of drug-likeness (QED) is 0.854. The van der Waals surface area contributed by atoms with Crippen LogP contribution in [0.3, 0.4) is 0 Å². The Bertz CT molecular complexity index is 711.